The molecule has 110 valence electrons. The minimum atomic E-state index is -0.188. The predicted molar refractivity (Wildman–Crippen MR) is 78.7 cm³/mol. The minimum absolute atomic E-state index is 0.188. The van der Waals surface area contributed by atoms with Gasteiger partial charge < -0.3 is 15.4 Å². The molecule has 0 spiro atoms. The van der Waals surface area contributed by atoms with E-state index < -0.39 is 0 Å². The SMILES string of the molecule is Cc1cncc(NC(=O)NCC2CCOC2C(C)C)c1. The third kappa shape index (κ3) is 3.93. The van der Waals surface area contributed by atoms with E-state index >= 15 is 0 Å². The van der Waals surface area contributed by atoms with Gasteiger partial charge in [-0.1, -0.05) is 13.8 Å². The van der Waals surface area contributed by atoms with Crippen LogP contribution in [0.4, 0.5) is 10.5 Å². The number of nitrogens with one attached hydrogen (secondary N) is 2. The molecule has 1 saturated heterocycles. The molecule has 2 heterocycles. The number of pyridine rings is 1. The van der Waals surface area contributed by atoms with Gasteiger partial charge in [0.15, 0.2) is 0 Å². The number of hydrogen-bond donors (Lipinski definition) is 2. The normalized spacial score (nSPS) is 22.0. The molecule has 2 rings (SSSR count). The van der Waals surface area contributed by atoms with E-state index in [0.29, 0.717) is 24.1 Å². The standard InChI is InChI=1S/C15H23N3O2/c1-10(2)14-12(4-5-20-14)8-17-15(19)18-13-6-11(3)7-16-9-13/h6-7,9-10,12,14H,4-5,8H2,1-3H3,(H2,17,18,19). The summed E-state index contributed by atoms with van der Waals surface area (Å²) in [5, 5.41) is 5.72. The van der Waals surface area contributed by atoms with Crippen LogP contribution in [0.15, 0.2) is 18.5 Å². The first kappa shape index (κ1) is 14.8. The number of rotatable bonds is 4. The van der Waals surface area contributed by atoms with Crippen LogP contribution in [0.5, 0.6) is 0 Å². The van der Waals surface area contributed by atoms with Crippen molar-refractivity contribution in [2.45, 2.75) is 33.3 Å². The molecule has 2 unspecified atom stereocenters. The molecule has 0 radical (unpaired) electrons. The molecule has 1 fully saturated rings. The van der Waals surface area contributed by atoms with Crippen molar-refractivity contribution in [2.75, 3.05) is 18.5 Å². The van der Waals surface area contributed by atoms with Crippen molar-refractivity contribution in [3.63, 3.8) is 0 Å². The summed E-state index contributed by atoms with van der Waals surface area (Å²) >= 11 is 0. The number of urea groups is 1. The Bertz CT molecular complexity index is 462. The molecule has 2 amide bonds. The van der Waals surface area contributed by atoms with Gasteiger partial charge in [-0.25, -0.2) is 4.79 Å². The van der Waals surface area contributed by atoms with Gasteiger partial charge in [-0.3, -0.25) is 4.98 Å². The maximum absolute atomic E-state index is 11.9. The molecule has 1 aliphatic rings. The lowest BCUT2D eigenvalue weighted by Gasteiger charge is -2.22. The molecule has 1 aliphatic heterocycles. The zero-order chi connectivity index (χ0) is 14.5. The molecule has 1 aromatic rings. The monoisotopic (exact) mass is 277 g/mol. The van der Waals surface area contributed by atoms with E-state index in [0.717, 1.165) is 18.6 Å². The number of amides is 2. The third-order valence-electron chi connectivity index (χ3n) is 3.58. The Balaban J connectivity index is 1.80. The molecule has 0 aromatic carbocycles. The van der Waals surface area contributed by atoms with Gasteiger partial charge in [0.05, 0.1) is 18.0 Å². The van der Waals surface area contributed by atoms with E-state index in [-0.39, 0.29) is 12.1 Å². The highest BCUT2D eigenvalue weighted by atomic mass is 16.5. The summed E-state index contributed by atoms with van der Waals surface area (Å²) in [6.07, 6.45) is 4.65. The quantitative estimate of drug-likeness (QED) is 0.889. The van der Waals surface area contributed by atoms with E-state index in [1.165, 1.54) is 0 Å². The summed E-state index contributed by atoms with van der Waals surface area (Å²) in [6.45, 7) is 7.69. The van der Waals surface area contributed by atoms with Gasteiger partial charge in [0.25, 0.3) is 0 Å². The highest BCUT2D eigenvalue weighted by molar-refractivity contribution is 5.89. The van der Waals surface area contributed by atoms with E-state index in [9.17, 15) is 4.79 Å². The first-order chi connectivity index (χ1) is 9.56. The molecule has 20 heavy (non-hydrogen) atoms. The van der Waals surface area contributed by atoms with Crippen LogP contribution in [0.1, 0.15) is 25.8 Å². The Morgan fingerprint density at radius 2 is 2.30 bits per heavy atom. The van der Waals surface area contributed by atoms with Crippen molar-refractivity contribution in [1.29, 1.82) is 0 Å². The molecule has 0 aliphatic carbocycles. The van der Waals surface area contributed by atoms with Crippen molar-refractivity contribution >= 4 is 11.7 Å². The average Bonchev–Trinajstić information content (AvgIpc) is 2.85. The van der Waals surface area contributed by atoms with Crippen LogP contribution in [0.2, 0.25) is 0 Å². The van der Waals surface area contributed by atoms with Gasteiger partial charge in [-0.05, 0) is 30.9 Å². The lowest BCUT2D eigenvalue weighted by Crippen LogP contribution is -2.37. The number of anilines is 1. The van der Waals surface area contributed by atoms with Gasteiger partial charge in [-0.15, -0.1) is 0 Å². The number of carbonyl (C=O) groups is 1. The second-order valence-electron chi connectivity index (χ2n) is 5.71. The number of aryl methyl sites for hydroxylation is 1. The number of hydrogen-bond acceptors (Lipinski definition) is 3. The van der Waals surface area contributed by atoms with Crippen LogP contribution >= 0.6 is 0 Å². The van der Waals surface area contributed by atoms with Crippen molar-refractivity contribution in [3.8, 4) is 0 Å². The van der Waals surface area contributed by atoms with E-state index in [2.05, 4.69) is 29.5 Å². The summed E-state index contributed by atoms with van der Waals surface area (Å²) in [7, 11) is 0. The smallest absolute Gasteiger partial charge is 0.319 e. The lowest BCUT2D eigenvalue weighted by atomic mass is 9.93. The van der Waals surface area contributed by atoms with E-state index in [1.807, 2.05) is 13.0 Å². The maximum Gasteiger partial charge on any atom is 0.319 e. The summed E-state index contributed by atoms with van der Waals surface area (Å²) in [5.41, 5.74) is 1.73. The molecule has 1 aromatic heterocycles. The van der Waals surface area contributed by atoms with Crippen molar-refractivity contribution < 1.29 is 9.53 Å². The first-order valence-corrected chi connectivity index (χ1v) is 7.14. The number of nitrogens with zero attached hydrogens (tertiary/aromatic N) is 1. The molecule has 5 nitrogen and oxygen atoms in total. The van der Waals surface area contributed by atoms with E-state index in [1.54, 1.807) is 12.4 Å². The van der Waals surface area contributed by atoms with Gasteiger partial charge in [-0.2, -0.15) is 0 Å². The molecular weight excluding hydrogens is 254 g/mol. The molecule has 0 bridgehead atoms. The molecule has 2 atom stereocenters. The van der Waals surface area contributed by atoms with Crippen molar-refractivity contribution in [3.05, 3.63) is 24.0 Å². The first-order valence-electron chi connectivity index (χ1n) is 7.14. The molecule has 0 saturated carbocycles. The predicted octanol–water partition coefficient (Wildman–Crippen LogP) is 2.57. The summed E-state index contributed by atoms with van der Waals surface area (Å²) in [6, 6.07) is 1.70. The lowest BCUT2D eigenvalue weighted by molar-refractivity contribution is 0.0546. The zero-order valence-electron chi connectivity index (χ0n) is 12.3. The largest absolute Gasteiger partial charge is 0.378 e. The number of carbonyl (C=O) groups excluding carboxylic acids is 1. The number of ether oxygens (including phenoxy) is 1. The van der Waals surface area contributed by atoms with Crippen LogP contribution < -0.4 is 10.6 Å². The van der Waals surface area contributed by atoms with Gasteiger partial charge >= 0.3 is 6.03 Å². The van der Waals surface area contributed by atoms with Crippen molar-refractivity contribution in [2.24, 2.45) is 11.8 Å². The highest BCUT2D eigenvalue weighted by Crippen LogP contribution is 2.26. The Morgan fingerprint density at radius 1 is 1.50 bits per heavy atom. The Kier molecular flexibility index (Phi) is 4.95. The summed E-state index contributed by atoms with van der Waals surface area (Å²) in [4.78, 5) is 15.9. The summed E-state index contributed by atoms with van der Waals surface area (Å²) in [5.74, 6) is 0.879. The van der Waals surface area contributed by atoms with Crippen molar-refractivity contribution in [1.82, 2.24) is 10.3 Å². The summed E-state index contributed by atoms with van der Waals surface area (Å²) < 4.78 is 5.71. The highest BCUT2D eigenvalue weighted by Gasteiger charge is 2.30. The second kappa shape index (κ2) is 6.70. The third-order valence-corrected chi connectivity index (χ3v) is 3.58. The Hall–Kier alpha value is -1.62. The molecule has 2 N–H and O–H groups in total. The topological polar surface area (TPSA) is 63.2 Å². The van der Waals surface area contributed by atoms with Gasteiger partial charge in [0.1, 0.15) is 0 Å². The van der Waals surface area contributed by atoms with E-state index in [4.69, 9.17) is 4.74 Å². The van der Waals surface area contributed by atoms with Crippen LogP contribution in [-0.4, -0.2) is 30.3 Å². The van der Waals surface area contributed by atoms with Crippen LogP contribution in [0, 0.1) is 18.8 Å². The fraction of sp³-hybridized carbons (Fsp3) is 0.600. The van der Waals surface area contributed by atoms with Crippen LogP contribution in [-0.2, 0) is 4.74 Å². The number of aromatic nitrogens is 1. The maximum atomic E-state index is 11.9. The fourth-order valence-electron chi connectivity index (χ4n) is 2.63. The van der Waals surface area contributed by atoms with Crippen LogP contribution in [0.25, 0.3) is 0 Å². The second-order valence-corrected chi connectivity index (χ2v) is 5.71. The van der Waals surface area contributed by atoms with Crippen LogP contribution in [0.3, 0.4) is 0 Å². The molecular formula is C15H23N3O2. The molecule has 5 heteroatoms. The van der Waals surface area contributed by atoms with Gasteiger partial charge in [0, 0.05) is 25.3 Å². The minimum Gasteiger partial charge on any atom is -0.378 e. The fourth-order valence-corrected chi connectivity index (χ4v) is 2.63. The zero-order valence-corrected chi connectivity index (χ0v) is 12.3. The Morgan fingerprint density at radius 3 is 3.00 bits per heavy atom. The average molecular weight is 277 g/mol. The Labute approximate surface area is 120 Å². The van der Waals surface area contributed by atoms with Gasteiger partial charge in [0.2, 0.25) is 0 Å².